The van der Waals surface area contributed by atoms with Crippen molar-refractivity contribution in [3.63, 3.8) is 0 Å². The summed E-state index contributed by atoms with van der Waals surface area (Å²) in [6.45, 7) is 8.56. The van der Waals surface area contributed by atoms with Crippen LogP contribution < -0.4 is 4.74 Å². The zero-order valence-electron chi connectivity index (χ0n) is 20.1. The van der Waals surface area contributed by atoms with Gasteiger partial charge in [-0.25, -0.2) is 0 Å². The van der Waals surface area contributed by atoms with Gasteiger partial charge in [-0.1, -0.05) is 52.5 Å². The van der Waals surface area contributed by atoms with Crippen molar-refractivity contribution in [3.8, 4) is 5.75 Å². The summed E-state index contributed by atoms with van der Waals surface area (Å²) in [6.07, 6.45) is 13.1. The molecule has 0 spiro atoms. The average Bonchev–Trinajstić information content (AvgIpc) is 3.05. The molecule has 3 heteroatoms. The summed E-state index contributed by atoms with van der Waals surface area (Å²) in [5.41, 5.74) is 3.24. The van der Waals surface area contributed by atoms with E-state index in [4.69, 9.17) is 4.74 Å². The molecule has 31 heavy (non-hydrogen) atoms. The lowest BCUT2D eigenvalue weighted by molar-refractivity contribution is -0.131. The first kappa shape index (κ1) is 22.8. The minimum Gasteiger partial charge on any atom is -0.427 e. The number of ether oxygens (including phenoxy) is 1. The zero-order valence-corrected chi connectivity index (χ0v) is 20.1. The molecule has 2 saturated carbocycles. The molecular weight excluding hydrogens is 384 g/mol. The Bertz CT molecular complexity index is 801. The number of rotatable bonds is 7. The number of aliphatic hydroxyl groups excluding tert-OH is 1. The highest BCUT2D eigenvalue weighted by atomic mass is 16.5. The molecule has 0 aromatic heterocycles. The quantitative estimate of drug-likeness (QED) is 0.296. The number of aryl methyl sites for hydroxylation is 1. The lowest BCUT2D eigenvalue weighted by Gasteiger charge is -2.61. The molecule has 3 aliphatic rings. The van der Waals surface area contributed by atoms with Crippen LogP contribution in [0.4, 0.5) is 0 Å². The van der Waals surface area contributed by atoms with Crippen molar-refractivity contribution in [2.45, 2.75) is 110 Å². The Labute approximate surface area is 189 Å². The third-order valence-corrected chi connectivity index (χ3v) is 9.43. The maximum atomic E-state index is 11.5. The lowest BCUT2D eigenvalue weighted by Crippen LogP contribution is -2.54. The molecule has 1 aromatic carbocycles. The number of aliphatic hydroxyl groups is 1. The topological polar surface area (TPSA) is 46.5 Å². The van der Waals surface area contributed by atoms with Crippen LogP contribution in [0.5, 0.6) is 5.75 Å². The molecule has 0 aliphatic heterocycles. The first-order chi connectivity index (χ1) is 14.9. The molecule has 3 aliphatic carbocycles. The standard InChI is InChI=1S/C28H42O3/c1-5-7-8-9-10-21-18-27(4)24(13-14-25(27)30)28(6-2)16-15-20-17-22(31-19(3)29)11-12-23(20)26(21)28/h11-12,17,21,24-26,30H,5-10,13-16,18H2,1-4H3/t21-,24+,25-,26+,27-,28-/m0/s1. The Morgan fingerprint density at radius 2 is 2.00 bits per heavy atom. The maximum Gasteiger partial charge on any atom is 0.308 e. The Morgan fingerprint density at radius 3 is 2.71 bits per heavy atom. The van der Waals surface area contributed by atoms with E-state index in [2.05, 4.69) is 32.9 Å². The number of fused-ring (bicyclic) bond motifs is 5. The molecule has 6 atom stereocenters. The second-order valence-electron chi connectivity index (χ2n) is 11.0. The van der Waals surface area contributed by atoms with Crippen LogP contribution in [0.3, 0.4) is 0 Å². The minimum absolute atomic E-state index is 0.0666. The highest BCUT2D eigenvalue weighted by Crippen LogP contribution is 2.70. The summed E-state index contributed by atoms with van der Waals surface area (Å²) in [6, 6.07) is 6.41. The Balaban J connectivity index is 1.73. The fourth-order valence-electron chi connectivity index (χ4n) is 8.14. The molecule has 1 N–H and O–H groups in total. The lowest BCUT2D eigenvalue weighted by atomic mass is 9.43. The van der Waals surface area contributed by atoms with Gasteiger partial charge in [-0.2, -0.15) is 0 Å². The Morgan fingerprint density at radius 1 is 1.19 bits per heavy atom. The molecule has 0 saturated heterocycles. The van der Waals surface area contributed by atoms with Crippen LogP contribution in [0, 0.1) is 22.7 Å². The molecule has 172 valence electrons. The van der Waals surface area contributed by atoms with Crippen molar-refractivity contribution in [1.82, 2.24) is 0 Å². The molecular formula is C28H42O3. The number of unbranched alkanes of at least 4 members (excludes halogenated alkanes) is 3. The van der Waals surface area contributed by atoms with Gasteiger partial charge in [0.1, 0.15) is 5.75 Å². The van der Waals surface area contributed by atoms with Gasteiger partial charge in [0.05, 0.1) is 6.10 Å². The van der Waals surface area contributed by atoms with E-state index in [0.717, 1.165) is 19.3 Å². The number of benzene rings is 1. The Hall–Kier alpha value is -1.35. The number of esters is 1. The molecule has 0 amide bonds. The summed E-state index contributed by atoms with van der Waals surface area (Å²) in [5.74, 6) is 2.24. The van der Waals surface area contributed by atoms with Gasteiger partial charge in [0, 0.05) is 6.92 Å². The molecule has 4 rings (SSSR count). The zero-order chi connectivity index (χ0) is 22.2. The van der Waals surface area contributed by atoms with E-state index in [1.807, 2.05) is 6.07 Å². The third-order valence-electron chi connectivity index (χ3n) is 9.43. The molecule has 0 radical (unpaired) electrons. The normalized spacial score (nSPS) is 36.4. The van der Waals surface area contributed by atoms with E-state index in [1.165, 1.54) is 69.4 Å². The highest BCUT2D eigenvalue weighted by Gasteiger charge is 2.63. The molecule has 0 heterocycles. The number of hydrogen-bond donors (Lipinski definition) is 1. The van der Waals surface area contributed by atoms with Crippen molar-refractivity contribution in [3.05, 3.63) is 29.3 Å². The predicted molar refractivity (Wildman–Crippen MR) is 125 cm³/mol. The predicted octanol–water partition coefficient (Wildman–Crippen LogP) is 6.81. The van der Waals surface area contributed by atoms with E-state index in [9.17, 15) is 9.90 Å². The van der Waals surface area contributed by atoms with E-state index in [1.54, 1.807) is 0 Å². The monoisotopic (exact) mass is 426 g/mol. The fourth-order valence-corrected chi connectivity index (χ4v) is 8.14. The van der Waals surface area contributed by atoms with Gasteiger partial charge in [-0.3, -0.25) is 4.79 Å². The number of carbonyl (C=O) groups excluding carboxylic acids is 1. The van der Waals surface area contributed by atoms with Gasteiger partial charge in [0.25, 0.3) is 0 Å². The number of hydrogen-bond acceptors (Lipinski definition) is 3. The SMILES string of the molecule is CCCCCC[C@H]1C[C@@]2(C)[C@@H](CC[C@@H]2O)[C@]2(CC)CCc3cc(OC(C)=O)ccc3[C@@H]12. The van der Waals surface area contributed by atoms with E-state index >= 15 is 0 Å². The third kappa shape index (κ3) is 3.86. The summed E-state index contributed by atoms with van der Waals surface area (Å²) >= 11 is 0. The largest absolute Gasteiger partial charge is 0.427 e. The van der Waals surface area contributed by atoms with Crippen LogP contribution in [-0.4, -0.2) is 17.2 Å². The van der Waals surface area contributed by atoms with Gasteiger partial charge in [-0.15, -0.1) is 0 Å². The average molecular weight is 427 g/mol. The van der Waals surface area contributed by atoms with Gasteiger partial charge >= 0.3 is 5.97 Å². The minimum atomic E-state index is -0.249. The molecule has 0 bridgehead atoms. The maximum absolute atomic E-state index is 11.5. The first-order valence-corrected chi connectivity index (χ1v) is 12.8. The van der Waals surface area contributed by atoms with Crippen LogP contribution in [0.1, 0.15) is 109 Å². The van der Waals surface area contributed by atoms with Crippen LogP contribution >= 0.6 is 0 Å². The van der Waals surface area contributed by atoms with Crippen LogP contribution in [-0.2, 0) is 11.2 Å². The van der Waals surface area contributed by atoms with Gasteiger partial charge in [0.2, 0.25) is 0 Å². The molecule has 1 aromatic rings. The van der Waals surface area contributed by atoms with Gasteiger partial charge in [-0.05, 0) is 96.8 Å². The Kier molecular flexibility index (Phi) is 6.54. The molecule has 3 nitrogen and oxygen atoms in total. The summed E-state index contributed by atoms with van der Waals surface area (Å²) in [7, 11) is 0. The van der Waals surface area contributed by atoms with Gasteiger partial charge < -0.3 is 9.84 Å². The van der Waals surface area contributed by atoms with Crippen molar-refractivity contribution in [2.24, 2.45) is 22.7 Å². The summed E-state index contributed by atoms with van der Waals surface area (Å²) in [4.78, 5) is 11.5. The van der Waals surface area contributed by atoms with E-state index in [-0.39, 0.29) is 22.9 Å². The smallest absolute Gasteiger partial charge is 0.308 e. The van der Waals surface area contributed by atoms with Crippen LogP contribution in [0.25, 0.3) is 0 Å². The molecule has 0 unspecified atom stereocenters. The van der Waals surface area contributed by atoms with Crippen molar-refractivity contribution in [1.29, 1.82) is 0 Å². The van der Waals surface area contributed by atoms with E-state index in [0.29, 0.717) is 23.5 Å². The van der Waals surface area contributed by atoms with Crippen molar-refractivity contribution in [2.75, 3.05) is 0 Å². The van der Waals surface area contributed by atoms with E-state index < -0.39 is 0 Å². The second-order valence-corrected chi connectivity index (χ2v) is 11.0. The fraction of sp³-hybridized carbons (Fsp3) is 0.750. The molecule has 2 fully saturated rings. The van der Waals surface area contributed by atoms with Crippen molar-refractivity contribution < 1.29 is 14.6 Å². The highest BCUT2D eigenvalue weighted by molar-refractivity contribution is 5.69. The van der Waals surface area contributed by atoms with Gasteiger partial charge in [0.15, 0.2) is 0 Å². The van der Waals surface area contributed by atoms with Crippen LogP contribution in [0.15, 0.2) is 18.2 Å². The first-order valence-electron chi connectivity index (χ1n) is 12.8. The summed E-state index contributed by atoms with van der Waals surface area (Å²) < 4.78 is 5.41. The van der Waals surface area contributed by atoms with Crippen molar-refractivity contribution >= 4 is 5.97 Å². The van der Waals surface area contributed by atoms with Crippen LogP contribution in [0.2, 0.25) is 0 Å². The number of carbonyl (C=O) groups is 1. The summed E-state index contributed by atoms with van der Waals surface area (Å²) in [5, 5.41) is 11.1. The second kappa shape index (κ2) is 8.89.